The fraction of sp³-hybridized carbons (Fsp3) is 1.00. The van der Waals surface area contributed by atoms with Crippen molar-refractivity contribution in [1.82, 2.24) is 10.2 Å². The fourth-order valence-corrected chi connectivity index (χ4v) is 1.36. The molecule has 2 heteroatoms. The molecule has 0 aliphatic carbocycles. The van der Waals surface area contributed by atoms with Crippen LogP contribution in [0.25, 0.3) is 0 Å². The number of nitrogens with one attached hydrogen (secondary N) is 1. The molecule has 1 N–H and O–H groups in total. The van der Waals surface area contributed by atoms with Crippen LogP contribution in [0.5, 0.6) is 0 Å². The molecule has 2 nitrogen and oxygen atoms in total. The van der Waals surface area contributed by atoms with Gasteiger partial charge in [-0.1, -0.05) is 6.92 Å². The third-order valence-electron chi connectivity index (χ3n) is 2.13. The zero-order valence-corrected chi connectivity index (χ0v) is 6.35. The van der Waals surface area contributed by atoms with E-state index in [0.717, 1.165) is 6.04 Å². The van der Waals surface area contributed by atoms with E-state index in [9.17, 15) is 0 Å². The van der Waals surface area contributed by atoms with E-state index in [0.29, 0.717) is 0 Å². The maximum atomic E-state index is 3.29. The molecule has 0 bridgehead atoms. The van der Waals surface area contributed by atoms with Gasteiger partial charge in [0.1, 0.15) is 0 Å². The summed E-state index contributed by atoms with van der Waals surface area (Å²) in [5.41, 5.74) is 0. The summed E-state index contributed by atoms with van der Waals surface area (Å²) in [6.07, 6.45) is 1.32. The molecule has 1 rings (SSSR count). The summed E-state index contributed by atoms with van der Waals surface area (Å²) >= 11 is 0. The summed E-state index contributed by atoms with van der Waals surface area (Å²) in [6.45, 7) is 5.95. The number of likely N-dealkylation sites (N-methyl/N-ethyl adjacent to an activating group) is 2. The molecule has 1 atom stereocenters. The van der Waals surface area contributed by atoms with E-state index in [1.54, 1.807) is 0 Å². The van der Waals surface area contributed by atoms with Gasteiger partial charge in [0.25, 0.3) is 0 Å². The van der Waals surface area contributed by atoms with Crippen molar-refractivity contribution in [3.8, 4) is 0 Å². The second-order valence-corrected chi connectivity index (χ2v) is 2.67. The van der Waals surface area contributed by atoms with Gasteiger partial charge in [0.2, 0.25) is 0 Å². The quantitative estimate of drug-likeness (QED) is 0.587. The number of nitrogens with zero attached hydrogens (tertiary/aromatic N) is 1. The van der Waals surface area contributed by atoms with Crippen molar-refractivity contribution < 1.29 is 1.43 Å². The van der Waals surface area contributed by atoms with Crippen molar-refractivity contribution in [1.29, 1.82) is 0 Å². The molecule has 0 spiro atoms. The van der Waals surface area contributed by atoms with Crippen LogP contribution in [0.2, 0.25) is 0 Å². The SMILES string of the molecule is CCN1CC[C@@H](NC)C1.[HH]. The Balaban J connectivity index is 0.000000810. The van der Waals surface area contributed by atoms with Gasteiger partial charge in [-0.15, -0.1) is 0 Å². The molecule has 1 fully saturated rings. The third kappa shape index (κ3) is 1.66. The molecule has 0 aromatic heterocycles. The Bertz CT molecular complexity index is 77.7. The van der Waals surface area contributed by atoms with E-state index >= 15 is 0 Å². The van der Waals surface area contributed by atoms with Crippen LogP contribution in [0.4, 0.5) is 0 Å². The molecular formula is C7H18N2. The molecule has 0 amide bonds. The van der Waals surface area contributed by atoms with Crippen molar-refractivity contribution in [2.24, 2.45) is 0 Å². The van der Waals surface area contributed by atoms with Gasteiger partial charge in [0, 0.05) is 14.0 Å². The third-order valence-corrected chi connectivity index (χ3v) is 2.13. The van der Waals surface area contributed by atoms with E-state index < -0.39 is 0 Å². The molecule has 1 aliphatic heterocycles. The summed E-state index contributed by atoms with van der Waals surface area (Å²) < 4.78 is 0. The van der Waals surface area contributed by atoms with E-state index in [1.807, 2.05) is 7.05 Å². The molecular weight excluding hydrogens is 112 g/mol. The van der Waals surface area contributed by atoms with Crippen molar-refractivity contribution >= 4 is 0 Å². The van der Waals surface area contributed by atoms with Crippen LogP contribution in [0.15, 0.2) is 0 Å². The molecule has 0 aromatic carbocycles. The molecule has 1 saturated heterocycles. The van der Waals surface area contributed by atoms with Crippen molar-refractivity contribution in [2.75, 3.05) is 26.7 Å². The first-order chi connectivity index (χ1) is 4.36. The summed E-state index contributed by atoms with van der Waals surface area (Å²) in [6, 6.07) is 0.755. The molecule has 0 aromatic rings. The number of hydrogen-bond donors (Lipinski definition) is 1. The van der Waals surface area contributed by atoms with Crippen LogP contribution < -0.4 is 5.32 Å². The van der Waals surface area contributed by atoms with E-state index in [4.69, 9.17) is 0 Å². The maximum Gasteiger partial charge on any atom is 0.0204 e. The summed E-state index contributed by atoms with van der Waals surface area (Å²) in [4.78, 5) is 2.47. The van der Waals surface area contributed by atoms with Crippen LogP contribution in [0.1, 0.15) is 14.8 Å². The maximum absolute atomic E-state index is 3.29. The lowest BCUT2D eigenvalue weighted by molar-refractivity contribution is 0.348. The Morgan fingerprint density at radius 1 is 1.78 bits per heavy atom. The molecule has 1 heterocycles. The predicted molar refractivity (Wildman–Crippen MR) is 41.7 cm³/mol. The summed E-state index contributed by atoms with van der Waals surface area (Å²) in [5, 5.41) is 3.29. The van der Waals surface area contributed by atoms with Gasteiger partial charge in [-0.05, 0) is 26.6 Å². The first kappa shape index (κ1) is 7.03. The zero-order valence-electron chi connectivity index (χ0n) is 6.35. The van der Waals surface area contributed by atoms with Crippen LogP contribution in [-0.4, -0.2) is 37.6 Å². The first-order valence-electron chi connectivity index (χ1n) is 3.76. The summed E-state index contributed by atoms with van der Waals surface area (Å²) in [7, 11) is 2.05. The van der Waals surface area contributed by atoms with Crippen LogP contribution in [-0.2, 0) is 0 Å². The molecule has 0 saturated carbocycles. The largest absolute Gasteiger partial charge is 0.316 e. The minimum absolute atomic E-state index is 0. The number of hydrogen-bond acceptors (Lipinski definition) is 2. The Hall–Kier alpha value is -0.0800. The highest BCUT2D eigenvalue weighted by Crippen LogP contribution is 2.06. The average Bonchev–Trinajstić information content (AvgIpc) is 2.34. The number of likely N-dealkylation sites (tertiary alicyclic amines) is 1. The lowest BCUT2D eigenvalue weighted by Gasteiger charge is -2.11. The highest BCUT2D eigenvalue weighted by Gasteiger charge is 2.18. The van der Waals surface area contributed by atoms with E-state index in [-0.39, 0.29) is 1.43 Å². The molecule has 1 aliphatic rings. The smallest absolute Gasteiger partial charge is 0.0204 e. The first-order valence-corrected chi connectivity index (χ1v) is 3.76. The Kier molecular flexibility index (Phi) is 2.49. The van der Waals surface area contributed by atoms with Crippen molar-refractivity contribution in [3.05, 3.63) is 0 Å². The second-order valence-electron chi connectivity index (χ2n) is 2.67. The lowest BCUT2D eigenvalue weighted by atomic mass is 10.3. The molecule has 9 heavy (non-hydrogen) atoms. The van der Waals surface area contributed by atoms with Gasteiger partial charge in [0.15, 0.2) is 0 Å². The average molecular weight is 130 g/mol. The van der Waals surface area contributed by atoms with Gasteiger partial charge in [-0.25, -0.2) is 0 Å². The highest BCUT2D eigenvalue weighted by atomic mass is 15.2. The van der Waals surface area contributed by atoms with Crippen molar-refractivity contribution in [2.45, 2.75) is 19.4 Å². The number of rotatable bonds is 2. The zero-order chi connectivity index (χ0) is 6.69. The lowest BCUT2D eigenvalue weighted by Crippen LogP contribution is -2.29. The molecule has 56 valence electrons. The van der Waals surface area contributed by atoms with Crippen molar-refractivity contribution in [3.63, 3.8) is 0 Å². The van der Waals surface area contributed by atoms with Gasteiger partial charge in [-0.2, -0.15) is 0 Å². The normalized spacial score (nSPS) is 29.3. The van der Waals surface area contributed by atoms with Crippen LogP contribution >= 0.6 is 0 Å². The van der Waals surface area contributed by atoms with Gasteiger partial charge in [0.05, 0.1) is 0 Å². The Morgan fingerprint density at radius 3 is 2.89 bits per heavy atom. The van der Waals surface area contributed by atoms with Crippen LogP contribution in [0, 0.1) is 0 Å². The van der Waals surface area contributed by atoms with E-state index in [2.05, 4.69) is 17.1 Å². The van der Waals surface area contributed by atoms with Gasteiger partial charge in [-0.3, -0.25) is 0 Å². The topological polar surface area (TPSA) is 15.3 Å². The molecule has 0 radical (unpaired) electrons. The monoisotopic (exact) mass is 130 g/mol. The van der Waals surface area contributed by atoms with Crippen LogP contribution in [0.3, 0.4) is 0 Å². The molecule has 0 unspecified atom stereocenters. The highest BCUT2D eigenvalue weighted by molar-refractivity contribution is 4.78. The summed E-state index contributed by atoms with van der Waals surface area (Å²) in [5.74, 6) is 0. The van der Waals surface area contributed by atoms with Gasteiger partial charge >= 0.3 is 0 Å². The Morgan fingerprint density at radius 2 is 2.56 bits per heavy atom. The predicted octanol–water partition coefficient (Wildman–Crippen LogP) is 0.546. The van der Waals surface area contributed by atoms with E-state index in [1.165, 1.54) is 26.1 Å². The fourth-order valence-electron chi connectivity index (χ4n) is 1.36. The Labute approximate surface area is 58.7 Å². The second kappa shape index (κ2) is 3.18. The van der Waals surface area contributed by atoms with Gasteiger partial charge < -0.3 is 10.2 Å². The standard InChI is InChI=1S/C7H16N2.H2/c1-3-9-5-4-7(6-9)8-2;/h7-8H,3-6H2,1-2H3;1H/t7-;/m1./s1. The minimum atomic E-state index is 0. The minimum Gasteiger partial charge on any atom is -0.316 e.